The van der Waals surface area contributed by atoms with E-state index in [2.05, 4.69) is 10.2 Å². The van der Waals surface area contributed by atoms with Crippen LogP contribution in [0, 0.1) is 0 Å². The van der Waals surface area contributed by atoms with E-state index in [-0.39, 0.29) is 11.9 Å². The summed E-state index contributed by atoms with van der Waals surface area (Å²) in [5.41, 5.74) is 1.58. The lowest BCUT2D eigenvalue weighted by atomic mass is 10.1. The van der Waals surface area contributed by atoms with Gasteiger partial charge >= 0.3 is 0 Å². The Labute approximate surface area is 163 Å². The van der Waals surface area contributed by atoms with Crippen molar-refractivity contribution in [2.24, 2.45) is 0 Å². The fourth-order valence-electron chi connectivity index (χ4n) is 3.61. The average Bonchev–Trinajstić information content (AvgIpc) is 3.38. The fourth-order valence-corrected chi connectivity index (χ4v) is 3.61. The molecule has 0 saturated carbocycles. The molecule has 1 unspecified atom stereocenters. The van der Waals surface area contributed by atoms with E-state index in [1.165, 1.54) is 0 Å². The molecule has 28 heavy (non-hydrogen) atoms. The van der Waals surface area contributed by atoms with Gasteiger partial charge in [0, 0.05) is 24.4 Å². The minimum Gasteiger partial charge on any atom is -0.497 e. The zero-order valence-corrected chi connectivity index (χ0v) is 15.9. The van der Waals surface area contributed by atoms with Gasteiger partial charge in [0.05, 0.1) is 20.3 Å². The number of aromatic nitrogens is 3. The lowest BCUT2D eigenvalue weighted by Crippen LogP contribution is -2.30. The quantitative estimate of drug-likeness (QED) is 0.638. The molecule has 0 N–H and O–H groups in total. The topological polar surface area (TPSA) is 69.0 Å². The lowest BCUT2D eigenvalue weighted by molar-refractivity contribution is -0.127. The van der Waals surface area contributed by atoms with E-state index in [0.717, 1.165) is 29.9 Å². The number of nitrogens with zero attached hydrogens (tertiary/aromatic N) is 4. The monoisotopic (exact) mass is 378 g/mol. The summed E-state index contributed by atoms with van der Waals surface area (Å²) in [6.45, 7) is 0.699. The SMILES string of the molecule is COc1ccc(OC)c(/C=C/C(=O)N2CCCC2c2nnc3ccccn23)c1. The maximum atomic E-state index is 12.9. The van der Waals surface area contributed by atoms with Crippen LogP contribution in [0.25, 0.3) is 11.7 Å². The average molecular weight is 378 g/mol. The molecule has 0 aliphatic carbocycles. The number of methoxy groups -OCH3 is 2. The minimum absolute atomic E-state index is 0.0555. The Hall–Kier alpha value is -3.35. The molecular formula is C21H22N4O3. The van der Waals surface area contributed by atoms with Gasteiger partial charge < -0.3 is 14.4 Å². The molecule has 1 aliphatic heterocycles. The number of pyridine rings is 1. The van der Waals surface area contributed by atoms with Gasteiger partial charge in [-0.15, -0.1) is 10.2 Å². The van der Waals surface area contributed by atoms with E-state index in [4.69, 9.17) is 9.47 Å². The maximum absolute atomic E-state index is 12.9. The highest BCUT2D eigenvalue weighted by molar-refractivity contribution is 5.92. The Bertz CT molecular complexity index is 1030. The highest BCUT2D eigenvalue weighted by atomic mass is 16.5. The molecule has 2 aromatic heterocycles. The molecule has 1 atom stereocenters. The summed E-state index contributed by atoms with van der Waals surface area (Å²) in [7, 11) is 3.21. The van der Waals surface area contributed by atoms with Gasteiger partial charge in [-0.3, -0.25) is 9.20 Å². The van der Waals surface area contributed by atoms with Crippen molar-refractivity contribution >= 4 is 17.6 Å². The summed E-state index contributed by atoms with van der Waals surface area (Å²) in [6.07, 6.45) is 7.09. The summed E-state index contributed by atoms with van der Waals surface area (Å²) >= 11 is 0. The highest BCUT2D eigenvalue weighted by Crippen LogP contribution is 2.32. The van der Waals surface area contributed by atoms with Crippen LogP contribution in [0.3, 0.4) is 0 Å². The number of benzene rings is 1. The number of hydrogen-bond donors (Lipinski definition) is 0. The van der Waals surface area contributed by atoms with Crippen molar-refractivity contribution < 1.29 is 14.3 Å². The third-order valence-electron chi connectivity index (χ3n) is 5.02. The molecule has 7 nitrogen and oxygen atoms in total. The number of carbonyl (C=O) groups excluding carboxylic acids is 1. The molecule has 7 heteroatoms. The van der Waals surface area contributed by atoms with Crippen LogP contribution in [0.2, 0.25) is 0 Å². The first kappa shape index (κ1) is 18.0. The minimum atomic E-state index is -0.0817. The third kappa shape index (κ3) is 3.31. The molecule has 3 heterocycles. The predicted octanol–water partition coefficient (Wildman–Crippen LogP) is 3.12. The molecule has 0 spiro atoms. The molecule has 1 aliphatic rings. The van der Waals surface area contributed by atoms with Gasteiger partial charge in [-0.1, -0.05) is 6.07 Å². The Balaban J connectivity index is 1.58. The number of fused-ring (bicyclic) bond motifs is 1. The summed E-state index contributed by atoms with van der Waals surface area (Å²) in [6, 6.07) is 11.2. The predicted molar refractivity (Wildman–Crippen MR) is 105 cm³/mol. The van der Waals surface area contributed by atoms with E-state index in [1.807, 2.05) is 51.9 Å². The second-order valence-electron chi connectivity index (χ2n) is 6.62. The van der Waals surface area contributed by atoms with E-state index in [1.54, 1.807) is 26.4 Å². The van der Waals surface area contributed by atoms with Crippen LogP contribution in [0.4, 0.5) is 0 Å². The van der Waals surface area contributed by atoms with Crippen LogP contribution in [0.1, 0.15) is 30.3 Å². The number of likely N-dealkylation sites (tertiary alicyclic amines) is 1. The van der Waals surface area contributed by atoms with E-state index < -0.39 is 0 Å². The van der Waals surface area contributed by atoms with Crippen molar-refractivity contribution in [1.29, 1.82) is 0 Å². The Kier molecular flexibility index (Phi) is 4.97. The largest absolute Gasteiger partial charge is 0.497 e. The third-order valence-corrected chi connectivity index (χ3v) is 5.02. The van der Waals surface area contributed by atoms with Crippen molar-refractivity contribution in [1.82, 2.24) is 19.5 Å². The molecule has 144 valence electrons. The van der Waals surface area contributed by atoms with Crippen LogP contribution in [-0.2, 0) is 4.79 Å². The number of carbonyl (C=O) groups is 1. The highest BCUT2D eigenvalue weighted by Gasteiger charge is 2.32. The standard InChI is InChI=1S/C21H22N4O3/c1-27-16-9-10-18(28-2)15(14-16)8-11-20(26)24-13-5-6-17(24)21-23-22-19-7-3-4-12-25(19)21/h3-4,7-12,14,17H,5-6,13H2,1-2H3/b11-8+. The molecule has 0 bridgehead atoms. The van der Waals surface area contributed by atoms with E-state index in [9.17, 15) is 4.79 Å². The Morgan fingerprint density at radius 3 is 2.89 bits per heavy atom. The van der Waals surface area contributed by atoms with Crippen molar-refractivity contribution in [3.63, 3.8) is 0 Å². The maximum Gasteiger partial charge on any atom is 0.247 e. The van der Waals surface area contributed by atoms with Crippen LogP contribution in [-0.4, -0.2) is 46.2 Å². The molecule has 4 rings (SSSR count). The molecule has 1 amide bonds. The normalized spacial score (nSPS) is 16.8. The van der Waals surface area contributed by atoms with Crippen LogP contribution in [0.15, 0.2) is 48.7 Å². The van der Waals surface area contributed by atoms with Gasteiger partial charge in [-0.2, -0.15) is 0 Å². The Morgan fingerprint density at radius 1 is 1.18 bits per heavy atom. The summed E-state index contributed by atoms with van der Waals surface area (Å²) < 4.78 is 12.6. The fraction of sp³-hybridized carbons (Fsp3) is 0.286. The number of rotatable bonds is 5. The van der Waals surface area contributed by atoms with Gasteiger partial charge in [0.2, 0.25) is 5.91 Å². The van der Waals surface area contributed by atoms with Crippen molar-refractivity contribution in [2.45, 2.75) is 18.9 Å². The summed E-state index contributed by atoms with van der Waals surface area (Å²) in [4.78, 5) is 14.8. The molecule has 1 aromatic carbocycles. The number of ether oxygens (including phenoxy) is 2. The zero-order valence-electron chi connectivity index (χ0n) is 15.9. The van der Waals surface area contributed by atoms with Crippen LogP contribution in [0.5, 0.6) is 11.5 Å². The Morgan fingerprint density at radius 2 is 2.07 bits per heavy atom. The zero-order chi connectivity index (χ0) is 19.5. The van der Waals surface area contributed by atoms with Crippen LogP contribution >= 0.6 is 0 Å². The first-order valence-corrected chi connectivity index (χ1v) is 9.21. The van der Waals surface area contributed by atoms with Gasteiger partial charge in [0.15, 0.2) is 11.5 Å². The van der Waals surface area contributed by atoms with E-state index in [0.29, 0.717) is 18.0 Å². The second kappa shape index (κ2) is 7.72. The summed E-state index contributed by atoms with van der Waals surface area (Å²) in [5, 5.41) is 8.56. The second-order valence-corrected chi connectivity index (χ2v) is 6.62. The molecule has 1 saturated heterocycles. The van der Waals surface area contributed by atoms with Gasteiger partial charge in [0.1, 0.15) is 11.5 Å². The van der Waals surface area contributed by atoms with Gasteiger partial charge in [0.25, 0.3) is 0 Å². The van der Waals surface area contributed by atoms with Crippen LogP contribution < -0.4 is 9.47 Å². The summed E-state index contributed by atoms with van der Waals surface area (Å²) in [5.74, 6) is 2.14. The van der Waals surface area contributed by atoms with Crippen molar-refractivity contribution in [3.05, 3.63) is 60.1 Å². The molecule has 1 fully saturated rings. The number of amides is 1. The van der Waals surface area contributed by atoms with E-state index >= 15 is 0 Å². The lowest BCUT2D eigenvalue weighted by Gasteiger charge is -2.22. The van der Waals surface area contributed by atoms with Gasteiger partial charge in [-0.25, -0.2) is 0 Å². The van der Waals surface area contributed by atoms with Crippen molar-refractivity contribution in [2.75, 3.05) is 20.8 Å². The first-order valence-electron chi connectivity index (χ1n) is 9.21. The van der Waals surface area contributed by atoms with Crippen molar-refractivity contribution in [3.8, 4) is 11.5 Å². The molecular weight excluding hydrogens is 356 g/mol. The smallest absolute Gasteiger partial charge is 0.247 e. The molecule has 0 radical (unpaired) electrons. The first-order chi connectivity index (χ1) is 13.7. The number of hydrogen-bond acceptors (Lipinski definition) is 5. The van der Waals surface area contributed by atoms with Gasteiger partial charge in [-0.05, 0) is 49.2 Å². The molecule has 3 aromatic rings.